The summed E-state index contributed by atoms with van der Waals surface area (Å²) in [5, 5.41) is 7.84. The molecule has 0 unspecified atom stereocenters. The van der Waals surface area contributed by atoms with Gasteiger partial charge in [-0.25, -0.2) is 0 Å². The SMILES string of the molecule is CN(C)CC#Cc1ccc2ccc3cccc4ccc1c2c34. The quantitative estimate of drug-likeness (QED) is 0.367. The van der Waals surface area contributed by atoms with Crippen LogP contribution in [0.4, 0.5) is 0 Å². The molecule has 0 N–H and O–H groups in total. The molecule has 4 aromatic rings. The van der Waals surface area contributed by atoms with Gasteiger partial charge in [0.25, 0.3) is 0 Å². The standard InChI is InChI=1S/C21H17N/c1-22(2)14-4-7-15-8-9-18-11-10-16-5-3-6-17-12-13-19(15)21(18)20(16)17/h3,5-6,8-13H,14H2,1-2H3. The molecule has 1 heteroatoms. The monoisotopic (exact) mass is 283 g/mol. The molecule has 106 valence electrons. The second-order valence-corrected chi connectivity index (χ2v) is 6.01. The maximum atomic E-state index is 3.34. The normalized spacial score (nSPS) is 11.4. The van der Waals surface area contributed by atoms with Crippen molar-refractivity contribution in [2.24, 2.45) is 0 Å². The molecule has 0 saturated carbocycles. The van der Waals surface area contributed by atoms with Crippen molar-refractivity contribution in [1.29, 1.82) is 0 Å². The average molecular weight is 283 g/mol. The van der Waals surface area contributed by atoms with E-state index in [2.05, 4.69) is 71.3 Å². The molecule has 0 spiro atoms. The van der Waals surface area contributed by atoms with Crippen LogP contribution in [-0.4, -0.2) is 25.5 Å². The van der Waals surface area contributed by atoms with Gasteiger partial charge >= 0.3 is 0 Å². The summed E-state index contributed by atoms with van der Waals surface area (Å²) in [5.41, 5.74) is 1.12. The van der Waals surface area contributed by atoms with E-state index in [-0.39, 0.29) is 0 Å². The molecule has 0 bridgehead atoms. The Morgan fingerprint density at radius 1 is 0.773 bits per heavy atom. The summed E-state index contributed by atoms with van der Waals surface area (Å²) in [5.74, 6) is 6.59. The van der Waals surface area contributed by atoms with E-state index in [0.717, 1.165) is 12.1 Å². The highest BCUT2D eigenvalue weighted by Crippen LogP contribution is 2.35. The van der Waals surface area contributed by atoms with Crippen molar-refractivity contribution < 1.29 is 0 Å². The lowest BCUT2D eigenvalue weighted by molar-refractivity contribution is 0.464. The van der Waals surface area contributed by atoms with Gasteiger partial charge in [0, 0.05) is 5.56 Å². The van der Waals surface area contributed by atoms with E-state index in [9.17, 15) is 0 Å². The zero-order valence-corrected chi connectivity index (χ0v) is 12.9. The van der Waals surface area contributed by atoms with Crippen LogP contribution in [0.25, 0.3) is 32.3 Å². The van der Waals surface area contributed by atoms with E-state index in [4.69, 9.17) is 0 Å². The van der Waals surface area contributed by atoms with Crippen LogP contribution < -0.4 is 0 Å². The largest absolute Gasteiger partial charge is 0.299 e. The highest BCUT2D eigenvalue weighted by Gasteiger charge is 2.09. The number of benzene rings is 4. The van der Waals surface area contributed by atoms with Gasteiger partial charge in [0.05, 0.1) is 6.54 Å². The minimum absolute atomic E-state index is 0.780. The Kier molecular flexibility index (Phi) is 2.99. The van der Waals surface area contributed by atoms with E-state index in [1.165, 1.54) is 32.3 Å². The Labute approximate surface area is 130 Å². The number of nitrogens with zero attached hydrogens (tertiary/aromatic N) is 1. The second-order valence-electron chi connectivity index (χ2n) is 6.01. The minimum atomic E-state index is 0.780. The van der Waals surface area contributed by atoms with Crippen molar-refractivity contribution >= 4 is 32.3 Å². The fraction of sp³-hybridized carbons (Fsp3) is 0.143. The topological polar surface area (TPSA) is 3.24 Å². The van der Waals surface area contributed by atoms with E-state index in [1.807, 2.05) is 14.1 Å². The highest BCUT2D eigenvalue weighted by atomic mass is 15.0. The van der Waals surface area contributed by atoms with Crippen molar-refractivity contribution in [2.45, 2.75) is 0 Å². The third-order valence-electron chi connectivity index (χ3n) is 4.15. The third kappa shape index (κ3) is 2.01. The minimum Gasteiger partial charge on any atom is -0.299 e. The molecule has 0 fully saturated rings. The maximum absolute atomic E-state index is 3.34. The van der Waals surface area contributed by atoms with Crippen molar-refractivity contribution in [1.82, 2.24) is 4.90 Å². The third-order valence-corrected chi connectivity index (χ3v) is 4.15. The van der Waals surface area contributed by atoms with E-state index < -0.39 is 0 Å². The molecule has 4 aromatic carbocycles. The summed E-state index contributed by atoms with van der Waals surface area (Å²) in [7, 11) is 4.08. The summed E-state index contributed by atoms with van der Waals surface area (Å²) in [6.45, 7) is 0.780. The first-order chi connectivity index (χ1) is 10.7. The van der Waals surface area contributed by atoms with Crippen LogP contribution in [0, 0.1) is 11.8 Å². The van der Waals surface area contributed by atoms with Crippen molar-refractivity contribution in [3.8, 4) is 11.8 Å². The number of hydrogen-bond donors (Lipinski definition) is 0. The molecule has 1 nitrogen and oxygen atoms in total. The highest BCUT2D eigenvalue weighted by molar-refractivity contribution is 6.23. The van der Waals surface area contributed by atoms with Gasteiger partial charge in [0.15, 0.2) is 0 Å². The first kappa shape index (κ1) is 13.1. The predicted octanol–water partition coefficient (Wildman–Crippen LogP) is 4.50. The van der Waals surface area contributed by atoms with Crippen molar-refractivity contribution in [2.75, 3.05) is 20.6 Å². The van der Waals surface area contributed by atoms with Crippen LogP contribution in [-0.2, 0) is 0 Å². The fourth-order valence-corrected chi connectivity index (χ4v) is 3.14. The molecule has 0 atom stereocenters. The van der Waals surface area contributed by atoms with Gasteiger partial charge in [-0.2, -0.15) is 0 Å². The van der Waals surface area contributed by atoms with Gasteiger partial charge in [0.2, 0.25) is 0 Å². The molecule has 0 aliphatic heterocycles. The first-order valence-electron chi connectivity index (χ1n) is 7.54. The summed E-state index contributed by atoms with van der Waals surface area (Å²) >= 11 is 0. The Hall–Kier alpha value is -2.56. The van der Waals surface area contributed by atoms with Gasteiger partial charge in [-0.15, -0.1) is 0 Å². The van der Waals surface area contributed by atoms with E-state index in [0.29, 0.717) is 0 Å². The molecule has 0 aliphatic carbocycles. The molecule has 0 heterocycles. The van der Waals surface area contributed by atoms with Crippen LogP contribution in [0.3, 0.4) is 0 Å². The Balaban J connectivity index is 2.05. The van der Waals surface area contributed by atoms with Gasteiger partial charge in [-0.3, -0.25) is 4.90 Å². The molecular formula is C21H17N. The summed E-state index contributed by atoms with van der Waals surface area (Å²) in [6, 6.07) is 19.7. The number of hydrogen-bond acceptors (Lipinski definition) is 1. The lowest BCUT2D eigenvalue weighted by Crippen LogP contribution is -2.10. The smallest absolute Gasteiger partial charge is 0.0600 e. The lowest BCUT2D eigenvalue weighted by atomic mass is 9.92. The van der Waals surface area contributed by atoms with Gasteiger partial charge < -0.3 is 0 Å². The molecule has 0 aliphatic rings. The Morgan fingerprint density at radius 2 is 1.41 bits per heavy atom. The molecule has 22 heavy (non-hydrogen) atoms. The van der Waals surface area contributed by atoms with Crippen LogP contribution in [0.15, 0.2) is 54.6 Å². The molecular weight excluding hydrogens is 266 g/mol. The lowest BCUT2D eigenvalue weighted by Gasteiger charge is -2.11. The van der Waals surface area contributed by atoms with Gasteiger partial charge in [-0.1, -0.05) is 60.4 Å². The van der Waals surface area contributed by atoms with Gasteiger partial charge in [-0.05, 0) is 52.5 Å². The van der Waals surface area contributed by atoms with Crippen LogP contribution in [0.1, 0.15) is 5.56 Å². The molecule has 0 saturated heterocycles. The predicted molar refractivity (Wildman–Crippen MR) is 95.6 cm³/mol. The average Bonchev–Trinajstić information content (AvgIpc) is 2.53. The van der Waals surface area contributed by atoms with Crippen LogP contribution in [0.2, 0.25) is 0 Å². The fourth-order valence-electron chi connectivity index (χ4n) is 3.14. The van der Waals surface area contributed by atoms with Crippen LogP contribution >= 0.6 is 0 Å². The van der Waals surface area contributed by atoms with Crippen molar-refractivity contribution in [3.63, 3.8) is 0 Å². The van der Waals surface area contributed by atoms with E-state index in [1.54, 1.807) is 0 Å². The molecule has 0 radical (unpaired) electrons. The first-order valence-corrected chi connectivity index (χ1v) is 7.54. The zero-order valence-electron chi connectivity index (χ0n) is 12.9. The second kappa shape index (κ2) is 5.02. The summed E-state index contributed by atoms with van der Waals surface area (Å²) in [4.78, 5) is 2.09. The number of rotatable bonds is 1. The maximum Gasteiger partial charge on any atom is 0.0600 e. The summed E-state index contributed by atoms with van der Waals surface area (Å²) in [6.07, 6.45) is 0. The summed E-state index contributed by atoms with van der Waals surface area (Å²) < 4.78 is 0. The van der Waals surface area contributed by atoms with E-state index >= 15 is 0 Å². The Bertz CT molecular complexity index is 1020. The Morgan fingerprint density at radius 3 is 2.14 bits per heavy atom. The van der Waals surface area contributed by atoms with Gasteiger partial charge in [0.1, 0.15) is 0 Å². The van der Waals surface area contributed by atoms with Crippen LogP contribution in [0.5, 0.6) is 0 Å². The molecule has 0 amide bonds. The zero-order chi connectivity index (χ0) is 15.1. The van der Waals surface area contributed by atoms with Crippen molar-refractivity contribution in [3.05, 3.63) is 60.2 Å². The molecule has 4 rings (SSSR count). The molecule has 0 aromatic heterocycles.